The zero-order valence-corrected chi connectivity index (χ0v) is 7.24. The lowest BCUT2D eigenvalue weighted by Crippen LogP contribution is -2.44. The van der Waals surface area contributed by atoms with Gasteiger partial charge in [-0.05, 0) is 12.8 Å². The first-order valence-corrected chi connectivity index (χ1v) is 3.93. The molecular weight excluding hydrogens is 173 g/mol. The fourth-order valence-corrected chi connectivity index (χ4v) is 1.58. The molecule has 1 aliphatic rings. The van der Waals surface area contributed by atoms with Crippen molar-refractivity contribution in [2.75, 3.05) is 13.6 Å². The maximum atomic E-state index is 11.1. The molecular formula is C6H9Cl2NO. The topological polar surface area (TPSA) is 20.3 Å². The SMILES string of the molecule is CN1CCCC(Cl)(Cl)C1=O. The quantitative estimate of drug-likeness (QED) is 0.518. The summed E-state index contributed by atoms with van der Waals surface area (Å²) < 4.78 is -1.16. The summed E-state index contributed by atoms with van der Waals surface area (Å²) in [5, 5.41) is 0. The van der Waals surface area contributed by atoms with Crippen molar-refractivity contribution in [1.82, 2.24) is 4.90 Å². The lowest BCUT2D eigenvalue weighted by atomic mass is 10.1. The second-order valence-corrected chi connectivity index (χ2v) is 4.02. The standard InChI is InChI=1S/C6H9Cl2NO/c1-9-4-2-3-6(7,8)5(9)10/h2-4H2,1H3. The van der Waals surface area contributed by atoms with Gasteiger partial charge in [-0.15, -0.1) is 0 Å². The predicted octanol–water partition coefficient (Wildman–Crippen LogP) is 1.41. The van der Waals surface area contributed by atoms with E-state index in [9.17, 15) is 4.79 Å². The van der Waals surface area contributed by atoms with Crippen molar-refractivity contribution in [2.45, 2.75) is 17.2 Å². The van der Waals surface area contributed by atoms with Crippen LogP contribution in [0.2, 0.25) is 0 Å². The number of piperidine rings is 1. The lowest BCUT2D eigenvalue weighted by Gasteiger charge is -2.30. The number of alkyl halides is 2. The first kappa shape index (κ1) is 8.15. The van der Waals surface area contributed by atoms with Gasteiger partial charge in [0, 0.05) is 13.6 Å². The Morgan fingerprint density at radius 2 is 2.20 bits per heavy atom. The monoisotopic (exact) mass is 181 g/mol. The molecule has 1 heterocycles. The number of likely N-dealkylation sites (tertiary alicyclic amines) is 1. The van der Waals surface area contributed by atoms with Crippen LogP contribution in [0.1, 0.15) is 12.8 Å². The Bertz CT molecular complexity index is 158. The molecule has 0 N–H and O–H groups in total. The van der Waals surface area contributed by atoms with E-state index in [0.717, 1.165) is 13.0 Å². The number of amides is 1. The van der Waals surface area contributed by atoms with E-state index in [0.29, 0.717) is 6.42 Å². The molecule has 1 fully saturated rings. The normalized spacial score (nSPS) is 25.1. The molecule has 0 aromatic rings. The molecule has 4 heteroatoms. The van der Waals surface area contributed by atoms with E-state index in [1.807, 2.05) is 0 Å². The molecule has 0 aromatic heterocycles. The molecule has 1 saturated heterocycles. The van der Waals surface area contributed by atoms with Gasteiger partial charge in [0.15, 0.2) is 4.33 Å². The van der Waals surface area contributed by atoms with Gasteiger partial charge >= 0.3 is 0 Å². The Kier molecular flexibility index (Phi) is 2.11. The van der Waals surface area contributed by atoms with Crippen LogP contribution in [0.3, 0.4) is 0 Å². The van der Waals surface area contributed by atoms with Crippen molar-refractivity contribution in [3.63, 3.8) is 0 Å². The fraction of sp³-hybridized carbons (Fsp3) is 0.833. The van der Waals surface area contributed by atoms with E-state index < -0.39 is 4.33 Å². The Hall–Kier alpha value is 0.0500. The molecule has 0 aliphatic carbocycles. The van der Waals surface area contributed by atoms with E-state index >= 15 is 0 Å². The van der Waals surface area contributed by atoms with E-state index in [2.05, 4.69) is 0 Å². The van der Waals surface area contributed by atoms with Crippen molar-refractivity contribution in [3.8, 4) is 0 Å². The summed E-state index contributed by atoms with van der Waals surface area (Å²) >= 11 is 11.4. The largest absolute Gasteiger partial charge is 0.343 e. The van der Waals surface area contributed by atoms with Crippen LogP contribution in [0.5, 0.6) is 0 Å². The van der Waals surface area contributed by atoms with E-state index in [4.69, 9.17) is 23.2 Å². The highest BCUT2D eigenvalue weighted by Gasteiger charge is 2.38. The van der Waals surface area contributed by atoms with Gasteiger partial charge in [0.25, 0.3) is 5.91 Å². The first-order chi connectivity index (χ1) is 4.54. The number of nitrogens with zero attached hydrogens (tertiary/aromatic N) is 1. The molecule has 1 amide bonds. The Labute approximate surface area is 70.1 Å². The molecule has 0 atom stereocenters. The summed E-state index contributed by atoms with van der Waals surface area (Å²) in [7, 11) is 1.71. The zero-order chi connectivity index (χ0) is 7.78. The molecule has 10 heavy (non-hydrogen) atoms. The van der Waals surface area contributed by atoms with Gasteiger partial charge in [-0.2, -0.15) is 0 Å². The predicted molar refractivity (Wildman–Crippen MR) is 41.3 cm³/mol. The average Bonchev–Trinajstić information content (AvgIpc) is 1.83. The van der Waals surface area contributed by atoms with E-state index in [1.54, 1.807) is 11.9 Å². The number of hydrogen-bond acceptors (Lipinski definition) is 1. The van der Waals surface area contributed by atoms with Gasteiger partial charge in [-0.3, -0.25) is 4.79 Å². The van der Waals surface area contributed by atoms with Gasteiger partial charge in [-0.1, -0.05) is 23.2 Å². The van der Waals surface area contributed by atoms with Crippen LogP contribution in [0.15, 0.2) is 0 Å². The van der Waals surface area contributed by atoms with Gasteiger partial charge in [-0.25, -0.2) is 0 Å². The van der Waals surface area contributed by atoms with Crippen LogP contribution in [0.25, 0.3) is 0 Å². The number of hydrogen-bond donors (Lipinski definition) is 0. The van der Waals surface area contributed by atoms with Crippen LogP contribution < -0.4 is 0 Å². The van der Waals surface area contributed by atoms with Crippen molar-refractivity contribution in [3.05, 3.63) is 0 Å². The smallest absolute Gasteiger partial charge is 0.258 e. The second-order valence-electron chi connectivity index (χ2n) is 2.53. The van der Waals surface area contributed by atoms with Crippen molar-refractivity contribution in [2.24, 2.45) is 0 Å². The van der Waals surface area contributed by atoms with E-state index in [1.165, 1.54) is 0 Å². The van der Waals surface area contributed by atoms with Gasteiger partial charge < -0.3 is 4.90 Å². The fourth-order valence-electron chi connectivity index (χ4n) is 1.03. The Morgan fingerprint density at radius 1 is 1.60 bits per heavy atom. The Morgan fingerprint density at radius 3 is 2.60 bits per heavy atom. The van der Waals surface area contributed by atoms with Gasteiger partial charge in [0.2, 0.25) is 0 Å². The van der Waals surface area contributed by atoms with Crippen LogP contribution in [0.4, 0.5) is 0 Å². The van der Waals surface area contributed by atoms with Crippen LogP contribution in [-0.4, -0.2) is 28.7 Å². The first-order valence-electron chi connectivity index (χ1n) is 3.17. The Balaban J connectivity index is 2.70. The number of halogens is 2. The van der Waals surface area contributed by atoms with Gasteiger partial charge in [0.1, 0.15) is 0 Å². The minimum atomic E-state index is -1.16. The highest BCUT2D eigenvalue weighted by atomic mass is 35.5. The van der Waals surface area contributed by atoms with Crippen molar-refractivity contribution in [1.29, 1.82) is 0 Å². The molecule has 2 nitrogen and oxygen atoms in total. The van der Waals surface area contributed by atoms with Crippen molar-refractivity contribution < 1.29 is 4.79 Å². The maximum Gasteiger partial charge on any atom is 0.258 e. The summed E-state index contributed by atoms with van der Waals surface area (Å²) in [6, 6.07) is 0. The summed E-state index contributed by atoms with van der Waals surface area (Å²) in [5.41, 5.74) is 0. The van der Waals surface area contributed by atoms with Gasteiger partial charge in [0.05, 0.1) is 0 Å². The van der Waals surface area contributed by atoms with Crippen LogP contribution in [0, 0.1) is 0 Å². The summed E-state index contributed by atoms with van der Waals surface area (Å²) in [5.74, 6) is -0.179. The zero-order valence-electron chi connectivity index (χ0n) is 5.73. The third kappa shape index (κ3) is 1.38. The molecule has 0 aromatic carbocycles. The van der Waals surface area contributed by atoms with Crippen LogP contribution >= 0.6 is 23.2 Å². The molecule has 1 aliphatic heterocycles. The third-order valence-electron chi connectivity index (χ3n) is 1.64. The highest BCUT2D eigenvalue weighted by molar-refractivity contribution is 6.58. The molecule has 0 saturated carbocycles. The number of carbonyl (C=O) groups excluding carboxylic acids is 1. The molecule has 0 unspecified atom stereocenters. The molecule has 58 valence electrons. The molecule has 0 bridgehead atoms. The lowest BCUT2D eigenvalue weighted by molar-refractivity contribution is -0.132. The maximum absolute atomic E-state index is 11.1. The minimum absolute atomic E-state index is 0.179. The number of rotatable bonds is 0. The molecule has 1 rings (SSSR count). The second kappa shape index (κ2) is 2.59. The van der Waals surface area contributed by atoms with Crippen LogP contribution in [-0.2, 0) is 4.79 Å². The van der Waals surface area contributed by atoms with Crippen molar-refractivity contribution >= 4 is 29.1 Å². The van der Waals surface area contributed by atoms with E-state index in [-0.39, 0.29) is 5.91 Å². The summed E-state index contributed by atoms with van der Waals surface area (Å²) in [6.07, 6.45) is 1.45. The molecule has 0 spiro atoms. The number of carbonyl (C=O) groups is 1. The average molecular weight is 182 g/mol. The minimum Gasteiger partial charge on any atom is -0.343 e. The summed E-state index contributed by atoms with van der Waals surface area (Å²) in [4.78, 5) is 12.7. The summed E-state index contributed by atoms with van der Waals surface area (Å²) in [6.45, 7) is 0.764. The molecule has 0 radical (unpaired) electrons. The third-order valence-corrected chi connectivity index (χ3v) is 2.35. The highest BCUT2D eigenvalue weighted by Crippen LogP contribution is 2.32.